The Morgan fingerprint density at radius 1 is 0.551 bits per heavy atom. The second-order valence-electron chi connectivity index (χ2n) is 13.3. The van der Waals surface area contributed by atoms with Crippen molar-refractivity contribution in [2.24, 2.45) is 5.92 Å². The third-order valence-electron chi connectivity index (χ3n) is 8.44. The summed E-state index contributed by atoms with van der Waals surface area (Å²) in [7, 11) is 0. The first-order valence-corrected chi connectivity index (χ1v) is 20.2. The van der Waals surface area contributed by atoms with Crippen LogP contribution in [0.15, 0.2) is 36.5 Å². The van der Waals surface area contributed by atoms with Crippen molar-refractivity contribution in [3.05, 3.63) is 36.5 Å². The molecule has 0 aliphatic carbocycles. The fraction of sp³-hybridized carbons (Fsp3) is 0.810. The van der Waals surface area contributed by atoms with Gasteiger partial charge in [0.05, 0.1) is 32.2 Å². The number of hydrogen-bond acceptors (Lipinski definition) is 7. The van der Waals surface area contributed by atoms with E-state index >= 15 is 0 Å². The molecular formula is C42H76O7. The van der Waals surface area contributed by atoms with E-state index in [1.165, 1.54) is 57.8 Å². The van der Waals surface area contributed by atoms with Crippen LogP contribution in [0.25, 0.3) is 0 Å². The third-order valence-corrected chi connectivity index (χ3v) is 8.44. The van der Waals surface area contributed by atoms with Crippen LogP contribution in [0, 0.1) is 5.92 Å². The van der Waals surface area contributed by atoms with E-state index in [0.717, 1.165) is 77.0 Å². The third kappa shape index (κ3) is 35.7. The van der Waals surface area contributed by atoms with E-state index in [4.69, 9.17) is 18.9 Å². The Morgan fingerprint density at radius 2 is 1.02 bits per heavy atom. The van der Waals surface area contributed by atoms with Gasteiger partial charge in [0.2, 0.25) is 0 Å². The topological polar surface area (TPSA) is 91.3 Å². The summed E-state index contributed by atoms with van der Waals surface area (Å²) in [5.74, 6) is -1.05. The maximum atomic E-state index is 12.5. The van der Waals surface area contributed by atoms with Gasteiger partial charge in [-0.3, -0.25) is 9.59 Å². The molecule has 0 aliphatic heterocycles. The molecule has 0 aromatic carbocycles. The molecule has 0 saturated carbocycles. The summed E-state index contributed by atoms with van der Waals surface area (Å²) in [6.45, 7) is 7.70. The zero-order valence-electron chi connectivity index (χ0n) is 32.0. The van der Waals surface area contributed by atoms with Gasteiger partial charge in [0.25, 0.3) is 0 Å². The van der Waals surface area contributed by atoms with Crippen LogP contribution in [-0.2, 0) is 28.5 Å². The maximum Gasteiger partial charge on any atom is 0.305 e. The molecule has 0 aromatic rings. The van der Waals surface area contributed by atoms with Crippen molar-refractivity contribution < 1.29 is 33.6 Å². The molecule has 0 bridgehead atoms. The van der Waals surface area contributed by atoms with E-state index in [9.17, 15) is 14.7 Å². The molecule has 0 radical (unpaired) electrons. The van der Waals surface area contributed by atoms with Crippen molar-refractivity contribution in [3.8, 4) is 0 Å². The number of rotatable bonds is 37. The molecule has 1 N–H and O–H groups in total. The summed E-state index contributed by atoms with van der Waals surface area (Å²) in [6, 6.07) is 0. The number of esters is 2. The van der Waals surface area contributed by atoms with E-state index in [1.807, 2.05) is 0 Å². The molecular weight excluding hydrogens is 616 g/mol. The van der Waals surface area contributed by atoms with E-state index in [0.29, 0.717) is 26.1 Å². The molecule has 0 aromatic heterocycles. The molecule has 1 atom stereocenters. The van der Waals surface area contributed by atoms with Crippen LogP contribution in [0.4, 0.5) is 0 Å². The molecule has 49 heavy (non-hydrogen) atoms. The first-order valence-electron chi connectivity index (χ1n) is 20.2. The normalized spacial score (nSPS) is 12.6. The Labute approximate surface area is 301 Å². The van der Waals surface area contributed by atoms with Crippen LogP contribution in [0.2, 0.25) is 0 Å². The quantitative estimate of drug-likeness (QED) is 0.0300. The van der Waals surface area contributed by atoms with Gasteiger partial charge in [-0.15, -0.1) is 0 Å². The van der Waals surface area contributed by atoms with Gasteiger partial charge in [-0.1, -0.05) is 141 Å². The van der Waals surface area contributed by atoms with Gasteiger partial charge in [-0.25, -0.2) is 0 Å². The first kappa shape index (κ1) is 47.0. The van der Waals surface area contributed by atoms with E-state index in [2.05, 4.69) is 57.2 Å². The summed E-state index contributed by atoms with van der Waals surface area (Å²) in [4.78, 5) is 24.7. The van der Waals surface area contributed by atoms with E-state index in [-0.39, 0.29) is 38.2 Å². The highest BCUT2D eigenvalue weighted by molar-refractivity contribution is 5.69. The predicted molar refractivity (Wildman–Crippen MR) is 203 cm³/mol. The Kier molecular flexibility index (Phi) is 37.3. The molecule has 0 spiro atoms. The fourth-order valence-corrected chi connectivity index (χ4v) is 5.25. The minimum Gasteiger partial charge on any atom is -0.465 e. The average molecular weight is 693 g/mol. The van der Waals surface area contributed by atoms with Crippen molar-refractivity contribution in [1.29, 1.82) is 0 Å². The van der Waals surface area contributed by atoms with Gasteiger partial charge in [0.1, 0.15) is 0 Å². The van der Waals surface area contributed by atoms with Crippen molar-refractivity contribution in [2.45, 2.75) is 181 Å². The lowest BCUT2D eigenvalue weighted by Gasteiger charge is -2.19. The zero-order chi connectivity index (χ0) is 35.9. The Balaban J connectivity index is 4.12. The molecule has 1 unspecified atom stereocenters. The molecule has 286 valence electrons. The van der Waals surface area contributed by atoms with Gasteiger partial charge in [0.15, 0.2) is 6.29 Å². The van der Waals surface area contributed by atoms with Crippen molar-refractivity contribution in [3.63, 3.8) is 0 Å². The molecule has 7 heteroatoms. The van der Waals surface area contributed by atoms with Crippen molar-refractivity contribution in [2.75, 3.05) is 33.0 Å². The molecule has 7 nitrogen and oxygen atoms in total. The number of ether oxygens (including phenoxy) is 4. The van der Waals surface area contributed by atoms with Gasteiger partial charge < -0.3 is 24.1 Å². The highest BCUT2D eigenvalue weighted by Crippen LogP contribution is 2.13. The van der Waals surface area contributed by atoms with Gasteiger partial charge in [-0.2, -0.15) is 0 Å². The molecule has 0 heterocycles. The number of aliphatic hydroxyl groups is 1. The predicted octanol–water partition coefficient (Wildman–Crippen LogP) is 11.1. The SMILES string of the molecule is CC/C=C\C/C=C\C/C=C\CCCCCCCC(=O)OCC(CO)COC(=O)CCC(OCCCCCCCC)OCCCCCCCC. The molecule has 0 fully saturated rings. The number of allylic oxidation sites excluding steroid dienone is 6. The van der Waals surface area contributed by atoms with Gasteiger partial charge >= 0.3 is 11.9 Å². The van der Waals surface area contributed by atoms with E-state index < -0.39 is 12.2 Å². The minimum absolute atomic E-state index is 0.0194. The molecule has 0 saturated heterocycles. The van der Waals surface area contributed by atoms with Crippen LogP contribution in [0.3, 0.4) is 0 Å². The second-order valence-corrected chi connectivity index (χ2v) is 13.3. The highest BCUT2D eigenvalue weighted by Gasteiger charge is 2.17. The lowest BCUT2D eigenvalue weighted by Crippen LogP contribution is -2.25. The van der Waals surface area contributed by atoms with Crippen LogP contribution < -0.4 is 0 Å². The summed E-state index contributed by atoms with van der Waals surface area (Å²) >= 11 is 0. The zero-order valence-corrected chi connectivity index (χ0v) is 32.0. The summed E-state index contributed by atoms with van der Waals surface area (Å²) in [5, 5.41) is 9.73. The Morgan fingerprint density at radius 3 is 1.57 bits per heavy atom. The average Bonchev–Trinajstić information content (AvgIpc) is 3.11. The van der Waals surface area contributed by atoms with Crippen LogP contribution >= 0.6 is 0 Å². The summed E-state index contributed by atoms with van der Waals surface area (Å²) in [5.41, 5.74) is 0. The maximum absolute atomic E-state index is 12.5. The Hall–Kier alpha value is -1.96. The summed E-state index contributed by atoms with van der Waals surface area (Å²) < 4.78 is 22.8. The minimum atomic E-state index is -0.432. The number of carbonyl (C=O) groups is 2. The Bertz CT molecular complexity index is 789. The highest BCUT2D eigenvalue weighted by atomic mass is 16.7. The van der Waals surface area contributed by atoms with Gasteiger partial charge in [0, 0.05) is 26.1 Å². The number of aliphatic hydroxyl groups excluding tert-OH is 1. The molecule has 0 rings (SSSR count). The van der Waals surface area contributed by atoms with Crippen LogP contribution in [0.5, 0.6) is 0 Å². The lowest BCUT2D eigenvalue weighted by molar-refractivity contribution is -0.161. The fourth-order valence-electron chi connectivity index (χ4n) is 5.25. The van der Waals surface area contributed by atoms with Crippen LogP contribution in [0.1, 0.15) is 175 Å². The number of hydrogen-bond donors (Lipinski definition) is 1. The molecule has 0 aliphatic rings. The molecule has 0 amide bonds. The van der Waals surface area contributed by atoms with Crippen molar-refractivity contribution >= 4 is 11.9 Å². The number of unbranched alkanes of at least 4 members (excludes halogenated alkanes) is 15. The lowest BCUT2D eigenvalue weighted by atomic mass is 10.1. The summed E-state index contributed by atoms with van der Waals surface area (Å²) in [6.07, 6.45) is 37.6. The van der Waals surface area contributed by atoms with Crippen molar-refractivity contribution in [1.82, 2.24) is 0 Å². The second kappa shape index (κ2) is 38.8. The monoisotopic (exact) mass is 693 g/mol. The van der Waals surface area contributed by atoms with Crippen LogP contribution in [-0.4, -0.2) is 56.4 Å². The smallest absolute Gasteiger partial charge is 0.305 e. The number of carbonyl (C=O) groups excluding carboxylic acids is 2. The first-order chi connectivity index (χ1) is 24.1. The van der Waals surface area contributed by atoms with Gasteiger partial charge in [-0.05, 0) is 51.4 Å². The largest absolute Gasteiger partial charge is 0.465 e. The standard InChI is InChI=1S/C42H76O7/c1-4-7-10-13-16-17-18-19-20-21-22-23-24-25-28-31-40(44)48-37-39(36-43)38-49-41(45)32-33-42(46-34-29-26-14-11-8-5-2)47-35-30-27-15-12-9-6-3/h7,10,16-17,19-20,39,42-43H,4-6,8-9,11-15,18,21-38H2,1-3H3/b10-7-,17-16-,20-19-. The van der Waals surface area contributed by atoms with E-state index in [1.54, 1.807) is 0 Å².